The molecule has 2 aromatic carbocycles. The van der Waals surface area contributed by atoms with Gasteiger partial charge in [-0.2, -0.15) is 5.26 Å². The second kappa shape index (κ2) is 6.56. The van der Waals surface area contributed by atoms with Crippen LogP contribution in [0.1, 0.15) is 24.5 Å². The topological polar surface area (TPSA) is 27.0 Å². The van der Waals surface area contributed by atoms with Crippen LogP contribution in [0, 0.1) is 11.3 Å². The number of rotatable bonds is 5. The van der Waals surface area contributed by atoms with E-state index in [0.717, 1.165) is 17.5 Å². The fourth-order valence-electron chi connectivity index (χ4n) is 2.65. The summed E-state index contributed by atoms with van der Waals surface area (Å²) in [4.78, 5) is 2.16. The number of hydrogen-bond acceptors (Lipinski definition) is 2. The molecule has 0 bridgehead atoms. The van der Waals surface area contributed by atoms with Gasteiger partial charge in [0.2, 0.25) is 0 Å². The zero-order chi connectivity index (χ0) is 15.3. The van der Waals surface area contributed by atoms with Crippen LogP contribution in [0.15, 0.2) is 60.7 Å². The first-order valence-electron chi connectivity index (χ1n) is 7.29. The molecule has 0 aliphatic heterocycles. The maximum Gasteiger partial charge on any atom is 0.109 e. The Balaban J connectivity index is 2.55. The molecule has 0 unspecified atom stereocenters. The SMILES string of the molecule is C[C@@H](CC(C#N)(c1ccccc1)c1ccccc1)N(C)C. The molecule has 0 N–H and O–H groups in total. The minimum Gasteiger partial charge on any atom is -0.307 e. The largest absolute Gasteiger partial charge is 0.307 e. The molecule has 0 heterocycles. The van der Waals surface area contributed by atoms with E-state index < -0.39 is 5.41 Å². The van der Waals surface area contributed by atoms with Crippen molar-refractivity contribution >= 4 is 0 Å². The lowest BCUT2D eigenvalue weighted by molar-refractivity contribution is 0.275. The summed E-state index contributed by atoms with van der Waals surface area (Å²) in [6.45, 7) is 2.16. The summed E-state index contributed by atoms with van der Waals surface area (Å²) in [5, 5.41) is 10.0. The van der Waals surface area contributed by atoms with Gasteiger partial charge in [-0.25, -0.2) is 0 Å². The van der Waals surface area contributed by atoms with Crippen LogP contribution >= 0.6 is 0 Å². The third-order valence-electron chi connectivity index (χ3n) is 4.21. The Morgan fingerprint density at radius 1 is 0.952 bits per heavy atom. The van der Waals surface area contributed by atoms with Crippen LogP contribution in [0.5, 0.6) is 0 Å². The van der Waals surface area contributed by atoms with E-state index in [0.29, 0.717) is 6.04 Å². The van der Waals surface area contributed by atoms with Gasteiger partial charge in [-0.15, -0.1) is 0 Å². The first-order valence-corrected chi connectivity index (χ1v) is 7.29. The van der Waals surface area contributed by atoms with E-state index in [4.69, 9.17) is 0 Å². The molecular formula is C19H22N2. The fourth-order valence-corrected chi connectivity index (χ4v) is 2.65. The van der Waals surface area contributed by atoms with Crippen LogP contribution in [0.25, 0.3) is 0 Å². The highest BCUT2D eigenvalue weighted by Gasteiger charge is 2.36. The van der Waals surface area contributed by atoms with Crippen LogP contribution in [-0.2, 0) is 5.41 Å². The second-order valence-corrected chi connectivity index (χ2v) is 5.77. The van der Waals surface area contributed by atoms with Crippen molar-refractivity contribution in [3.63, 3.8) is 0 Å². The summed E-state index contributed by atoms with van der Waals surface area (Å²) in [6, 6.07) is 23.1. The number of nitriles is 1. The molecule has 0 aliphatic rings. The van der Waals surface area contributed by atoms with Gasteiger partial charge in [0.25, 0.3) is 0 Å². The van der Waals surface area contributed by atoms with E-state index in [1.165, 1.54) is 0 Å². The van der Waals surface area contributed by atoms with Crippen LogP contribution in [0.3, 0.4) is 0 Å². The molecule has 0 saturated heterocycles. The van der Waals surface area contributed by atoms with Crippen molar-refractivity contribution in [1.29, 1.82) is 5.26 Å². The molecule has 2 nitrogen and oxygen atoms in total. The first-order chi connectivity index (χ1) is 10.1. The molecule has 21 heavy (non-hydrogen) atoms. The van der Waals surface area contributed by atoms with Gasteiger partial charge in [-0.05, 0) is 38.6 Å². The number of hydrogen-bond donors (Lipinski definition) is 0. The molecule has 0 amide bonds. The minimum absolute atomic E-state index is 0.310. The molecule has 0 aliphatic carbocycles. The Hall–Kier alpha value is -2.11. The summed E-state index contributed by atoms with van der Waals surface area (Å²) < 4.78 is 0. The third kappa shape index (κ3) is 3.15. The molecule has 0 saturated carbocycles. The molecule has 108 valence electrons. The average molecular weight is 278 g/mol. The third-order valence-corrected chi connectivity index (χ3v) is 4.21. The number of nitrogens with zero attached hydrogens (tertiary/aromatic N) is 2. The Labute approximate surface area is 127 Å². The van der Waals surface area contributed by atoms with Crippen molar-refractivity contribution in [1.82, 2.24) is 4.90 Å². The Kier molecular flexibility index (Phi) is 4.77. The maximum absolute atomic E-state index is 10.0. The zero-order valence-corrected chi connectivity index (χ0v) is 13.0. The second-order valence-electron chi connectivity index (χ2n) is 5.77. The van der Waals surface area contributed by atoms with E-state index in [1.807, 2.05) is 36.4 Å². The normalized spacial score (nSPS) is 12.9. The lowest BCUT2D eigenvalue weighted by Crippen LogP contribution is -2.36. The van der Waals surface area contributed by atoms with Gasteiger partial charge in [-0.3, -0.25) is 0 Å². The van der Waals surface area contributed by atoms with Crippen molar-refractivity contribution in [2.75, 3.05) is 14.1 Å². The molecule has 1 atom stereocenters. The van der Waals surface area contributed by atoms with Gasteiger partial charge in [0.15, 0.2) is 0 Å². The van der Waals surface area contributed by atoms with Gasteiger partial charge in [0.1, 0.15) is 5.41 Å². The van der Waals surface area contributed by atoms with Gasteiger partial charge in [0, 0.05) is 6.04 Å². The maximum atomic E-state index is 10.0. The summed E-state index contributed by atoms with van der Waals surface area (Å²) in [5.74, 6) is 0. The van der Waals surface area contributed by atoms with Gasteiger partial charge in [0.05, 0.1) is 6.07 Å². The van der Waals surface area contributed by atoms with E-state index in [-0.39, 0.29) is 0 Å². The average Bonchev–Trinajstić information content (AvgIpc) is 2.54. The Morgan fingerprint density at radius 2 is 1.38 bits per heavy atom. The van der Waals surface area contributed by atoms with Gasteiger partial charge >= 0.3 is 0 Å². The molecule has 0 radical (unpaired) electrons. The van der Waals surface area contributed by atoms with Crippen LogP contribution < -0.4 is 0 Å². The summed E-state index contributed by atoms with van der Waals surface area (Å²) >= 11 is 0. The lowest BCUT2D eigenvalue weighted by atomic mass is 9.71. The molecular weight excluding hydrogens is 256 g/mol. The van der Waals surface area contributed by atoms with Crippen LogP contribution in [-0.4, -0.2) is 25.0 Å². The van der Waals surface area contributed by atoms with Gasteiger partial charge in [-0.1, -0.05) is 60.7 Å². The van der Waals surface area contributed by atoms with Crippen molar-refractivity contribution in [2.24, 2.45) is 0 Å². The molecule has 2 rings (SSSR count). The molecule has 0 spiro atoms. The number of benzene rings is 2. The van der Waals surface area contributed by atoms with Crippen LogP contribution in [0.2, 0.25) is 0 Å². The molecule has 0 fully saturated rings. The monoisotopic (exact) mass is 278 g/mol. The predicted octanol–water partition coefficient (Wildman–Crippen LogP) is 3.84. The smallest absolute Gasteiger partial charge is 0.109 e. The summed E-state index contributed by atoms with van der Waals surface area (Å²) in [6.07, 6.45) is 0.768. The van der Waals surface area contributed by atoms with E-state index >= 15 is 0 Å². The van der Waals surface area contributed by atoms with Crippen molar-refractivity contribution in [2.45, 2.75) is 24.8 Å². The Bertz CT molecular complexity index is 557. The zero-order valence-electron chi connectivity index (χ0n) is 13.0. The Morgan fingerprint density at radius 3 is 1.71 bits per heavy atom. The van der Waals surface area contributed by atoms with Crippen molar-refractivity contribution in [3.05, 3.63) is 71.8 Å². The quantitative estimate of drug-likeness (QED) is 0.831. The van der Waals surface area contributed by atoms with Crippen LogP contribution in [0.4, 0.5) is 0 Å². The molecule has 2 aromatic rings. The van der Waals surface area contributed by atoms with E-state index in [9.17, 15) is 5.26 Å². The first kappa shape index (κ1) is 15.3. The van der Waals surface area contributed by atoms with E-state index in [1.54, 1.807) is 0 Å². The predicted molar refractivity (Wildman–Crippen MR) is 87.0 cm³/mol. The highest BCUT2D eigenvalue weighted by Crippen LogP contribution is 2.36. The van der Waals surface area contributed by atoms with E-state index in [2.05, 4.69) is 56.3 Å². The minimum atomic E-state index is -0.605. The van der Waals surface area contributed by atoms with Crippen molar-refractivity contribution < 1.29 is 0 Å². The fraction of sp³-hybridized carbons (Fsp3) is 0.316. The highest BCUT2D eigenvalue weighted by molar-refractivity contribution is 5.46. The lowest BCUT2D eigenvalue weighted by Gasteiger charge is -2.33. The molecule has 0 aromatic heterocycles. The summed E-state index contributed by atoms with van der Waals surface area (Å²) in [5.41, 5.74) is 1.52. The molecule has 2 heteroatoms. The standard InChI is InChI=1S/C19H22N2/c1-16(21(2)3)14-19(15-20,17-10-6-4-7-11-17)18-12-8-5-9-13-18/h4-13,16H,14H2,1-3H3/t16-/m0/s1. The van der Waals surface area contributed by atoms with Crippen molar-refractivity contribution in [3.8, 4) is 6.07 Å². The summed E-state index contributed by atoms with van der Waals surface area (Å²) in [7, 11) is 4.12. The highest BCUT2D eigenvalue weighted by atomic mass is 15.1. The van der Waals surface area contributed by atoms with Gasteiger partial charge < -0.3 is 4.90 Å².